The van der Waals surface area contributed by atoms with Gasteiger partial charge >= 0.3 is 0 Å². The molecule has 0 aromatic carbocycles. The van der Waals surface area contributed by atoms with Gasteiger partial charge in [-0.05, 0) is 24.0 Å². The predicted molar refractivity (Wildman–Crippen MR) is 72.8 cm³/mol. The Morgan fingerprint density at radius 1 is 1.44 bits per heavy atom. The molecule has 0 aliphatic rings. The van der Waals surface area contributed by atoms with E-state index < -0.39 is 0 Å². The lowest BCUT2D eigenvalue weighted by molar-refractivity contribution is 0.596. The summed E-state index contributed by atoms with van der Waals surface area (Å²) in [7, 11) is 0. The Morgan fingerprint density at radius 3 is 2.56 bits per heavy atom. The fourth-order valence-electron chi connectivity index (χ4n) is 1.42. The van der Waals surface area contributed by atoms with Crippen LogP contribution >= 0.6 is 11.3 Å². The largest absolute Gasteiger partial charge is 0.299 e. The summed E-state index contributed by atoms with van der Waals surface area (Å²) >= 11 is 1.87. The van der Waals surface area contributed by atoms with Gasteiger partial charge in [-0.15, -0.1) is 17.8 Å². The minimum Gasteiger partial charge on any atom is -0.299 e. The summed E-state index contributed by atoms with van der Waals surface area (Å²) in [5.74, 6) is 2.75. The van der Waals surface area contributed by atoms with Crippen molar-refractivity contribution < 1.29 is 0 Å². The first kappa shape index (κ1) is 13.3. The monoisotopic (exact) mass is 235 g/mol. The van der Waals surface area contributed by atoms with E-state index in [2.05, 4.69) is 51.1 Å². The zero-order chi connectivity index (χ0) is 12.2. The van der Waals surface area contributed by atoms with Crippen LogP contribution in [0.1, 0.15) is 43.9 Å². The van der Waals surface area contributed by atoms with Crippen LogP contribution in [-0.2, 0) is 12.0 Å². The zero-order valence-electron chi connectivity index (χ0n) is 10.6. The number of hydrogen-bond acceptors (Lipinski definition) is 2. The first-order valence-electron chi connectivity index (χ1n) is 5.76. The molecule has 0 fully saturated rings. The second-order valence-corrected chi connectivity index (χ2v) is 6.19. The molecule has 0 bridgehead atoms. The highest BCUT2D eigenvalue weighted by molar-refractivity contribution is 7.12. The molecule has 1 heterocycles. The SMILES string of the molecule is C#CC(CC)NCc1ccc(C(C)(C)C)s1. The van der Waals surface area contributed by atoms with Gasteiger partial charge in [0.15, 0.2) is 0 Å². The second-order valence-electron chi connectivity index (χ2n) is 5.02. The van der Waals surface area contributed by atoms with E-state index in [1.165, 1.54) is 9.75 Å². The molecule has 0 amide bonds. The van der Waals surface area contributed by atoms with E-state index in [0.29, 0.717) is 0 Å². The maximum atomic E-state index is 5.41. The van der Waals surface area contributed by atoms with Gasteiger partial charge in [0.25, 0.3) is 0 Å². The highest BCUT2D eigenvalue weighted by Crippen LogP contribution is 2.29. The average molecular weight is 235 g/mol. The van der Waals surface area contributed by atoms with E-state index in [-0.39, 0.29) is 11.5 Å². The molecule has 1 atom stereocenters. The van der Waals surface area contributed by atoms with Crippen LogP contribution in [0.25, 0.3) is 0 Å². The normalized spacial score (nSPS) is 13.4. The minimum atomic E-state index is 0.195. The third-order valence-corrected chi connectivity index (χ3v) is 4.04. The van der Waals surface area contributed by atoms with Gasteiger partial charge in [-0.3, -0.25) is 5.32 Å². The van der Waals surface area contributed by atoms with E-state index in [1.807, 2.05) is 11.3 Å². The molecule has 1 aromatic heterocycles. The fourth-order valence-corrected chi connectivity index (χ4v) is 2.44. The van der Waals surface area contributed by atoms with Crippen LogP contribution < -0.4 is 5.32 Å². The third kappa shape index (κ3) is 3.66. The topological polar surface area (TPSA) is 12.0 Å². The van der Waals surface area contributed by atoms with Gasteiger partial charge in [-0.1, -0.05) is 33.6 Å². The molecule has 0 aliphatic carbocycles. The molecule has 0 radical (unpaired) electrons. The van der Waals surface area contributed by atoms with E-state index in [9.17, 15) is 0 Å². The lowest BCUT2D eigenvalue weighted by Gasteiger charge is -2.15. The lowest BCUT2D eigenvalue weighted by Crippen LogP contribution is -2.25. The summed E-state index contributed by atoms with van der Waals surface area (Å²) in [5, 5.41) is 3.37. The maximum absolute atomic E-state index is 5.41. The van der Waals surface area contributed by atoms with Crippen LogP contribution in [0.15, 0.2) is 12.1 Å². The molecular formula is C14H21NS. The molecule has 1 N–H and O–H groups in total. The standard InChI is InChI=1S/C14H21NS/c1-6-11(7-2)15-10-12-8-9-13(16-12)14(3,4)5/h1,8-9,11,15H,7,10H2,2-5H3. The Bertz CT molecular complexity index is 365. The van der Waals surface area contributed by atoms with Crippen LogP contribution in [-0.4, -0.2) is 6.04 Å². The van der Waals surface area contributed by atoms with Gasteiger partial charge in [0.1, 0.15) is 0 Å². The van der Waals surface area contributed by atoms with E-state index in [4.69, 9.17) is 6.42 Å². The lowest BCUT2D eigenvalue weighted by atomic mass is 9.95. The van der Waals surface area contributed by atoms with Gasteiger partial charge in [-0.2, -0.15) is 0 Å². The van der Waals surface area contributed by atoms with Crippen molar-refractivity contribution in [3.8, 4) is 12.3 Å². The van der Waals surface area contributed by atoms with Crippen LogP contribution in [0, 0.1) is 12.3 Å². The van der Waals surface area contributed by atoms with Crippen molar-refractivity contribution in [1.29, 1.82) is 0 Å². The van der Waals surface area contributed by atoms with Crippen LogP contribution in [0.2, 0.25) is 0 Å². The van der Waals surface area contributed by atoms with Crippen LogP contribution in [0.3, 0.4) is 0 Å². The van der Waals surface area contributed by atoms with Crippen molar-refractivity contribution in [2.75, 3.05) is 0 Å². The minimum absolute atomic E-state index is 0.195. The summed E-state index contributed by atoms with van der Waals surface area (Å²) in [6.45, 7) is 9.71. The summed E-state index contributed by atoms with van der Waals surface area (Å²) in [6, 6.07) is 4.61. The van der Waals surface area contributed by atoms with Crippen LogP contribution in [0.4, 0.5) is 0 Å². The molecular weight excluding hydrogens is 214 g/mol. The van der Waals surface area contributed by atoms with Gasteiger partial charge in [-0.25, -0.2) is 0 Å². The molecule has 1 rings (SSSR count). The molecule has 2 heteroatoms. The highest BCUT2D eigenvalue weighted by Gasteiger charge is 2.15. The molecule has 88 valence electrons. The van der Waals surface area contributed by atoms with E-state index in [1.54, 1.807) is 0 Å². The first-order chi connectivity index (χ1) is 7.47. The Hall–Kier alpha value is -0.780. The Balaban J connectivity index is 2.57. The van der Waals surface area contributed by atoms with Crippen molar-refractivity contribution in [2.45, 2.75) is 52.1 Å². The quantitative estimate of drug-likeness (QED) is 0.787. The van der Waals surface area contributed by atoms with Gasteiger partial charge in [0, 0.05) is 16.3 Å². The molecule has 1 unspecified atom stereocenters. The zero-order valence-corrected chi connectivity index (χ0v) is 11.4. The number of hydrogen-bond donors (Lipinski definition) is 1. The van der Waals surface area contributed by atoms with E-state index in [0.717, 1.165) is 13.0 Å². The summed E-state index contributed by atoms with van der Waals surface area (Å²) in [6.07, 6.45) is 6.39. The number of rotatable bonds is 4. The average Bonchev–Trinajstić information content (AvgIpc) is 2.67. The second kappa shape index (κ2) is 5.52. The predicted octanol–water partition coefficient (Wildman–Crippen LogP) is 3.55. The first-order valence-corrected chi connectivity index (χ1v) is 6.57. The van der Waals surface area contributed by atoms with Crippen molar-refractivity contribution in [3.63, 3.8) is 0 Å². The summed E-state index contributed by atoms with van der Waals surface area (Å²) in [5.41, 5.74) is 0.249. The van der Waals surface area contributed by atoms with Gasteiger partial charge in [0.05, 0.1) is 6.04 Å². The van der Waals surface area contributed by atoms with Crippen molar-refractivity contribution in [2.24, 2.45) is 0 Å². The van der Waals surface area contributed by atoms with Gasteiger partial charge < -0.3 is 0 Å². The fraction of sp³-hybridized carbons (Fsp3) is 0.571. The molecule has 1 aromatic rings. The molecule has 0 aliphatic heterocycles. The van der Waals surface area contributed by atoms with Crippen LogP contribution in [0.5, 0.6) is 0 Å². The van der Waals surface area contributed by atoms with Crippen molar-refractivity contribution in [3.05, 3.63) is 21.9 Å². The summed E-state index contributed by atoms with van der Waals surface area (Å²) < 4.78 is 0. The number of nitrogens with one attached hydrogen (secondary N) is 1. The summed E-state index contributed by atoms with van der Waals surface area (Å²) in [4.78, 5) is 2.79. The van der Waals surface area contributed by atoms with Gasteiger partial charge in [0.2, 0.25) is 0 Å². The highest BCUT2D eigenvalue weighted by atomic mass is 32.1. The number of thiophene rings is 1. The third-order valence-electron chi connectivity index (χ3n) is 2.53. The Labute approximate surface area is 103 Å². The van der Waals surface area contributed by atoms with Crippen molar-refractivity contribution in [1.82, 2.24) is 5.32 Å². The maximum Gasteiger partial charge on any atom is 0.0687 e. The smallest absolute Gasteiger partial charge is 0.0687 e. The van der Waals surface area contributed by atoms with E-state index >= 15 is 0 Å². The Kier molecular flexibility index (Phi) is 4.58. The molecule has 0 saturated heterocycles. The number of terminal acetylenes is 1. The van der Waals surface area contributed by atoms with Crippen molar-refractivity contribution >= 4 is 11.3 Å². The Morgan fingerprint density at radius 2 is 2.12 bits per heavy atom. The molecule has 0 saturated carbocycles. The molecule has 0 spiro atoms. The molecule has 1 nitrogen and oxygen atoms in total. The molecule has 16 heavy (non-hydrogen) atoms.